The van der Waals surface area contributed by atoms with E-state index in [-0.39, 0.29) is 19.3 Å². The van der Waals surface area contributed by atoms with Crippen molar-refractivity contribution in [2.75, 3.05) is 6.54 Å². The summed E-state index contributed by atoms with van der Waals surface area (Å²) in [7, 11) is 0. The number of rotatable bonds is 17. The first kappa shape index (κ1) is 30.9. The molecule has 212 valence electrons. The van der Waals surface area contributed by atoms with E-state index in [9.17, 15) is 34.2 Å². The van der Waals surface area contributed by atoms with Gasteiger partial charge in [0.1, 0.15) is 18.1 Å². The molecule has 3 amide bonds. The predicted octanol–water partition coefficient (Wildman–Crippen LogP) is -1.34. The number of H-pyrrole nitrogens is 1. The Balaban J connectivity index is 2.17. The third-order valence-corrected chi connectivity index (χ3v) is 5.83. The number of carboxylic acid groups (broad SMARTS) is 2. The average Bonchev–Trinajstić information content (AvgIpc) is 3.41. The molecule has 0 radical (unpaired) electrons. The van der Waals surface area contributed by atoms with Gasteiger partial charge < -0.3 is 42.6 Å². The quantitative estimate of drug-likeness (QED) is 0.109. The Bertz CT molecular complexity index is 1100. The highest BCUT2D eigenvalue weighted by molar-refractivity contribution is 5.95. The first-order valence-corrected chi connectivity index (χ1v) is 12.4. The van der Waals surface area contributed by atoms with Crippen molar-refractivity contribution in [1.29, 1.82) is 0 Å². The van der Waals surface area contributed by atoms with E-state index in [0.717, 1.165) is 0 Å². The molecule has 2 rings (SSSR count). The van der Waals surface area contributed by atoms with E-state index in [2.05, 4.69) is 25.9 Å². The molecule has 14 nitrogen and oxygen atoms in total. The number of hydrogen-bond donors (Lipinski definition) is 8. The lowest BCUT2D eigenvalue weighted by Crippen LogP contribution is -2.58. The maximum atomic E-state index is 13.2. The Morgan fingerprint density at radius 2 is 1.51 bits per heavy atom. The van der Waals surface area contributed by atoms with Gasteiger partial charge in [0.15, 0.2) is 0 Å². The fraction of sp³-hybridized carbons (Fsp3) is 0.440. The van der Waals surface area contributed by atoms with Crippen LogP contribution in [-0.2, 0) is 36.8 Å². The molecule has 14 heteroatoms. The average molecular weight is 546 g/mol. The summed E-state index contributed by atoms with van der Waals surface area (Å²) >= 11 is 0. The van der Waals surface area contributed by atoms with Crippen LogP contribution in [0.2, 0.25) is 0 Å². The number of carbonyl (C=O) groups excluding carboxylic acids is 3. The van der Waals surface area contributed by atoms with Gasteiger partial charge in [0.05, 0.1) is 18.8 Å². The smallest absolute Gasteiger partial charge is 0.326 e. The van der Waals surface area contributed by atoms with Crippen LogP contribution >= 0.6 is 0 Å². The summed E-state index contributed by atoms with van der Waals surface area (Å²) < 4.78 is 0. The molecule has 0 saturated carbocycles. The van der Waals surface area contributed by atoms with E-state index < -0.39 is 60.2 Å². The first-order chi connectivity index (χ1) is 18.6. The lowest BCUT2D eigenvalue weighted by Gasteiger charge is -2.24. The van der Waals surface area contributed by atoms with Crippen LogP contribution in [0.15, 0.2) is 42.9 Å². The van der Waals surface area contributed by atoms with E-state index in [1.54, 1.807) is 30.3 Å². The van der Waals surface area contributed by atoms with Gasteiger partial charge in [-0.15, -0.1) is 0 Å². The number of aromatic amines is 1. The molecule has 2 aromatic rings. The van der Waals surface area contributed by atoms with Crippen molar-refractivity contribution in [3.63, 3.8) is 0 Å². The van der Waals surface area contributed by atoms with Gasteiger partial charge in [-0.2, -0.15) is 0 Å². The highest BCUT2D eigenvalue weighted by Gasteiger charge is 2.32. The fourth-order valence-electron chi connectivity index (χ4n) is 3.72. The summed E-state index contributed by atoms with van der Waals surface area (Å²) in [5.41, 5.74) is 12.4. The van der Waals surface area contributed by atoms with Crippen LogP contribution in [-0.4, -0.2) is 80.6 Å². The lowest BCUT2D eigenvalue weighted by molar-refractivity contribution is -0.143. The van der Waals surface area contributed by atoms with Crippen LogP contribution in [0.4, 0.5) is 0 Å². The zero-order chi connectivity index (χ0) is 28.8. The van der Waals surface area contributed by atoms with Gasteiger partial charge in [0.2, 0.25) is 17.7 Å². The number of carboxylic acids is 2. The number of nitrogens with two attached hydrogens (primary N) is 2. The summed E-state index contributed by atoms with van der Waals surface area (Å²) in [6.45, 7) is 0.423. The van der Waals surface area contributed by atoms with Crippen molar-refractivity contribution >= 4 is 29.7 Å². The number of hydrogen-bond acceptors (Lipinski definition) is 8. The van der Waals surface area contributed by atoms with Gasteiger partial charge in [-0.1, -0.05) is 36.8 Å². The normalized spacial score (nSPS) is 13.9. The van der Waals surface area contributed by atoms with Crippen LogP contribution in [0, 0.1) is 0 Å². The monoisotopic (exact) mass is 545 g/mol. The molecule has 1 heterocycles. The Hall–Kier alpha value is -4.30. The van der Waals surface area contributed by atoms with Gasteiger partial charge in [0, 0.05) is 24.7 Å². The predicted molar refractivity (Wildman–Crippen MR) is 139 cm³/mol. The second kappa shape index (κ2) is 15.8. The number of carbonyl (C=O) groups is 5. The number of aromatic nitrogens is 2. The molecule has 0 spiro atoms. The van der Waals surface area contributed by atoms with Crippen LogP contribution in [0.3, 0.4) is 0 Å². The lowest BCUT2D eigenvalue weighted by atomic mass is 10.0. The number of benzene rings is 1. The standard InChI is InChI=1S/C25H35N7O7/c26-9-5-4-8-17(27)22(35)30-19(12-21(33)34)24(37)31-18(11-16-13-28-14-29-16)23(36)32-20(25(38)39)10-15-6-2-1-3-7-15/h1-3,6-7,13-14,17-20H,4-5,8-12,26-27H2,(H,28,29)(H,30,35)(H,31,37)(H,32,36)(H,33,34)(H,38,39). The van der Waals surface area contributed by atoms with Crippen LogP contribution in [0.25, 0.3) is 0 Å². The SMILES string of the molecule is NCCCCC(N)C(=O)NC(CC(=O)O)C(=O)NC(Cc1cnc[nH]1)C(=O)NC(Cc1ccccc1)C(=O)O. The molecular weight excluding hydrogens is 510 g/mol. The molecule has 0 saturated heterocycles. The number of imidazole rings is 1. The van der Waals surface area contributed by atoms with Crippen LogP contribution in [0.1, 0.15) is 36.9 Å². The molecule has 4 atom stereocenters. The molecule has 10 N–H and O–H groups in total. The molecule has 0 aliphatic rings. The molecule has 1 aromatic carbocycles. The van der Waals surface area contributed by atoms with Crippen LogP contribution in [0.5, 0.6) is 0 Å². The van der Waals surface area contributed by atoms with Crippen molar-refractivity contribution in [2.45, 2.75) is 62.7 Å². The van der Waals surface area contributed by atoms with Crippen molar-refractivity contribution in [3.8, 4) is 0 Å². The van der Waals surface area contributed by atoms with Crippen LogP contribution < -0.4 is 27.4 Å². The molecule has 0 aliphatic carbocycles. The number of nitrogens with one attached hydrogen (secondary N) is 4. The number of nitrogens with zero attached hydrogens (tertiary/aromatic N) is 1. The second-order valence-corrected chi connectivity index (χ2v) is 8.98. The van der Waals surface area contributed by atoms with Gasteiger partial charge in [-0.25, -0.2) is 9.78 Å². The van der Waals surface area contributed by atoms with E-state index in [0.29, 0.717) is 30.6 Å². The minimum atomic E-state index is -1.53. The van der Waals surface area contributed by atoms with E-state index in [1.165, 1.54) is 12.5 Å². The zero-order valence-corrected chi connectivity index (χ0v) is 21.3. The zero-order valence-electron chi connectivity index (χ0n) is 21.3. The van der Waals surface area contributed by atoms with E-state index >= 15 is 0 Å². The minimum Gasteiger partial charge on any atom is -0.481 e. The maximum absolute atomic E-state index is 13.2. The minimum absolute atomic E-state index is 0.00756. The summed E-state index contributed by atoms with van der Waals surface area (Å²) in [6, 6.07) is 3.53. The van der Waals surface area contributed by atoms with Gasteiger partial charge >= 0.3 is 11.9 Å². The van der Waals surface area contributed by atoms with Crippen molar-refractivity contribution in [2.24, 2.45) is 11.5 Å². The molecular formula is C25H35N7O7. The molecule has 4 unspecified atom stereocenters. The topological polar surface area (TPSA) is 243 Å². The molecule has 0 aliphatic heterocycles. The molecule has 1 aromatic heterocycles. The Morgan fingerprint density at radius 3 is 2.10 bits per heavy atom. The number of unbranched alkanes of at least 4 members (excludes halogenated alkanes) is 1. The Labute approximate surface area is 224 Å². The van der Waals surface area contributed by atoms with Gasteiger partial charge in [-0.3, -0.25) is 19.2 Å². The highest BCUT2D eigenvalue weighted by Crippen LogP contribution is 2.07. The Kier molecular flexibility index (Phi) is 12.6. The number of amides is 3. The van der Waals surface area contributed by atoms with Gasteiger partial charge in [0.25, 0.3) is 0 Å². The summed E-state index contributed by atoms with van der Waals surface area (Å²) in [6.07, 6.45) is 3.40. The van der Waals surface area contributed by atoms with Crippen molar-refractivity contribution in [1.82, 2.24) is 25.9 Å². The largest absolute Gasteiger partial charge is 0.481 e. The summed E-state index contributed by atoms with van der Waals surface area (Å²) in [4.78, 5) is 68.7. The molecule has 0 bridgehead atoms. The van der Waals surface area contributed by atoms with E-state index in [1.807, 2.05) is 0 Å². The third kappa shape index (κ3) is 10.9. The number of aliphatic carboxylic acids is 2. The first-order valence-electron chi connectivity index (χ1n) is 12.4. The Morgan fingerprint density at radius 1 is 0.872 bits per heavy atom. The summed E-state index contributed by atoms with van der Waals surface area (Å²) in [5.74, 6) is -5.14. The van der Waals surface area contributed by atoms with Crippen molar-refractivity contribution < 1.29 is 34.2 Å². The fourth-order valence-corrected chi connectivity index (χ4v) is 3.72. The summed E-state index contributed by atoms with van der Waals surface area (Å²) in [5, 5.41) is 26.2. The highest BCUT2D eigenvalue weighted by atomic mass is 16.4. The van der Waals surface area contributed by atoms with Gasteiger partial charge in [-0.05, 0) is 24.9 Å². The second-order valence-electron chi connectivity index (χ2n) is 8.98. The molecule has 39 heavy (non-hydrogen) atoms. The molecule has 0 fully saturated rings. The van der Waals surface area contributed by atoms with E-state index in [4.69, 9.17) is 11.5 Å². The van der Waals surface area contributed by atoms with Crippen molar-refractivity contribution in [3.05, 3.63) is 54.1 Å². The third-order valence-electron chi connectivity index (χ3n) is 5.83. The maximum Gasteiger partial charge on any atom is 0.326 e.